The van der Waals surface area contributed by atoms with E-state index in [1.807, 2.05) is 0 Å². The first-order valence-corrected chi connectivity index (χ1v) is 5.18. The summed E-state index contributed by atoms with van der Waals surface area (Å²) in [5.41, 5.74) is 0.874. The fourth-order valence-electron chi connectivity index (χ4n) is 1.12. The zero-order chi connectivity index (χ0) is 10.2. The second kappa shape index (κ2) is 2.86. The molecule has 1 aliphatic rings. The van der Waals surface area contributed by atoms with Crippen LogP contribution < -0.4 is 4.72 Å². The molecule has 0 atom stereocenters. The maximum atomic E-state index is 11.4. The second-order valence-corrected chi connectivity index (χ2v) is 4.25. The summed E-state index contributed by atoms with van der Waals surface area (Å²) >= 11 is 0. The van der Waals surface area contributed by atoms with E-state index < -0.39 is 10.0 Å². The lowest BCUT2D eigenvalue weighted by Gasteiger charge is -2.09. The Balaban J connectivity index is 2.75. The average Bonchev–Trinajstić information content (AvgIpc) is 2.17. The molecule has 0 saturated heterocycles. The maximum Gasteiger partial charge on any atom is 0.285 e. The van der Waals surface area contributed by atoms with Crippen molar-refractivity contribution >= 4 is 22.0 Å². The average molecular weight is 205 g/mol. The van der Waals surface area contributed by atoms with Crippen LogP contribution in [-0.4, -0.2) is 14.8 Å². The van der Waals surface area contributed by atoms with Crippen molar-refractivity contribution in [3.05, 3.63) is 23.8 Å². The van der Waals surface area contributed by atoms with Crippen molar-refractivity contribution < 1.29 is 8.42 Å². The van der Waals surface area contributed by atoms with E-state index in [-0.39, 0.29) is 4.90 Å². The molecule has 1 aromatic carbocycles. The second-order valence-electron chi connectivity index (χ2n) is 2.65. The molecule has 5 heteroatoms. The van der Waals surface area contributed by atoms with Gasteiger partial charge in [0.1, 0.15) is 11.2 Å². The highest BCUT2D eigenvalue weighted by Crippen LogP contribution is 2.27. The lowest BCUT2D eigenvalue weighted by molar-refractivity contribution is 0.591. The molecule has 4 nitrogen and oxygen atoms in total. The topological polar surface area (TPSA) is 60.6 Å². The van der Waals surface area contributed by atoms with E-state index in [0.29, 0.717) is 11.3 Å². The van der Waals surface area contributed by atoms with Crippen molar-refractivity contribution in [2.24, 2.45) is 4.99 Å². The molecule has 0 fully saturated rings. The lowest BCUT2D eigenvalue weighted by atomic mass is 10.2. The summed E-state index contributed by atoms with van der Waals surface area (Å²) in [6.45, 7) is 0. The van der Waals surface area contributed by atoms with Gasteiger partial charge in [-0.2, -0.15) is 8.42 Å². The first-order chi connectivity index (χ1) is 6.63. The van der Waals surface area contributed by atoms with Crippen LogP contribution in [0.2, 0.25) is 0 Å². The minimum Gasteiger partial charge on any atom is -0.235 e. The fraction of sp³-hybridized carbons (Fsp3) is 0. The highest BCUT2D eigenvalue weighted by molar-refractivity contribution is 7.90. The third-order valence-electron chi connectivity index (χ3n) is 1.79. The number of nitrogens with zero attached hydrogens (tertiary/aromatic N) is 2. The Morgan fingerprint density at radius 3 is 2.86 bits per heavy atom. The van der Waals surface area contributed by atoms with Crippen molar-refractivity contribution in [3.63, 3.8) is 0 Å². The molecule has 0 aromatic heterocycles. The van der Waals surface area contributed by atoms with Crippen LogP contribution in [0.4, 0.5) is 5.69 Å². The Morgan fingerprint density at radius 2 is 2.14 bits per heavy atom. The Labute approximate surface area is 81.7 Å². The smallest absolute Gasteiger partial charge is 0.235 e. The quantitative estimate of drug-likeness (QED) is 0.583. The zero-order valence-corrected chi connectivity index (χ0v) is 7.82. The number of fused-ring (bicyclic) bond motifs is 1. The van der Waals surface area contributed by atoms with E-state index in [0.717, 1.165) is 6.34 Å². The van der Waals surface area contributed by atoms with Crippen molar-refractivity contribution in [3.8, 4) is 12.3 Å². The Morgan fingerprint density at radius 1 is 1.36 bits per heavy atom. The van der Waals surface area contributed by atoms with Crippen LogP contribution in [0.15, 0.2) is 28.1 Å². The molecule has 0 bridgehead atoms. The van der Waals surface area contributed by atoms with E-state index in [1.165, 1.54) is 6.07 Å². The summed E-state index contributed by atoms with van der Waals surface area (Å²) < 4.78 is 26.1. The minimum absolute atomic E-state index is 0.0652. The van der Waals surface area contributed by atoms with Gasteiger partial charge in [0, 0.05) is 5.56 Å². The van der Waals surface area contributed by atoms with Crippen molar-refractivity contribution in [2.45, 2.75) is 4.90 Å². The normalized spacial score (nSPS) is 16.5. The van der Waals surface area contributed by atoms with Crippen LogP contribution in [0.3, 0.4) is 0 Å². The van der Waals surface area contributed by atoms with E-state index in [9.17, 15) is 8.42 Å². The van der Waals surface area contributed by atoms with Crippen LogP contribution >= 0.6 is 0 Å². The van der Waals surface area contributed by atoms with Gasteiger partial charge in [0.15, 0.2) is 0 Å². The SMILES string of the molecule is C#Cc1ccc2c(c1)S(=O)(=O)[N]C=N2. The van der Waals surface area contributed by atoms with E-state index in [4.69, 9.17) is 6.42 Å². The first kappa shape index (κ1) is 8.78. The van der Waals surface area contributed by atoms with Crippen molar-refractivity contribution in [1.82, 2.24) is 4.72 Å². The third-order valence-corrected chi connectivity index (χ3v) is 3.04. The van der Waals surface area contributed by atoms with Crippen molar-refractivity contribution in [1.29, 1.82) is 0 Å². The molecule has 0 aliphatic carbocycles. The number of rotatable bonds is 0. The van der Waals surface area contributed by atoms with E-state index in [1.54, 1.807) is 12.1 Å². The van der Waals surface area contributed by atoms with Gasteiger partial charge in [0.2, 0.25) is 0 Å². The van der Waals surface area contributed by atoms with Gasteiger partial charge < -0.3 is 0 Å². The fourth-order valence-corrected chi connectivity index (χ4v) is 2.07. The van der Waals surface area contributed by atoms with E-state index in [2.05, 4.69) is 15.6 Å². The summed E-state index contributed by atoms with van der Waals surface area (Å²) in [6, 6.07) is 4.59. The summed E-state index contributed by atoms with van der Waals surface area (Å²) in [5, 5.41) is 0. The third kappa shape index (κ3) is 1.26. The van der Waals surface area contributed by atoms with Gasteiger partial charge in [0.25, 0.3) is 10.0 Å². The van der Waals surface area contributed by atoms with Gasteiger partial charge in [-0.15, -0.1) is 11.1 Å². The Bertz CT molecular complexity index is 553. The molecule has 1 aliphatic heterocycles. The van der Waals surface area contributed by atoms with E-state index >= 15 is 0 Å². The molecule has 1 heterocycles. The van der Waals surface area contributed by atoms with Crippen LogP contribution in [0.25, 0.3) is 0 Å². The summed E-state index contributed by atoms with van der Waals surface area (Å²) in [4.78, 5) is 3.89. The van der Waals surface area contributed by atoms with Gasteiger partial charge in [-0.05, 0) is 18.2 Å². The summed E-state index contributed by atoms with van der Waals surface area (Å²) in [5.74, 6) is 2.36. The molecule has 69 valence electrons. The number of hydrogen-bond acceptors (Lipinski definition) is 3. The molecule has 2 rings (SSSR count). The van der Waals surface area contributed by atoms with Gasteiger partial charge in [-0.1, -0.05) is 5.92 Å². The Kier molecular flexibility index (Phi) is 1.79. The first-order valence-electron chi connectivity index (χ1n) is 3.74. The Hall–Kier alpha value is -1.80. The van der Waals surface area contributed by atoms with Gasteiger partial charge >= 0.3 is 0 Å². The number of aliphatic imine (C=N–C) groups is 1. The highest BCUT2D eigenvalue weighted by Gasteiger charge is 2.22. The molecule has 1 radical (unpaired) electrons. The van der Waals surface area contributed by atoms with Crippen LogP contribution in [0, 0.1) is 12.3 Å². The zero-order valence-electron chi connectivity index (χ0n) is 7.01. The molecule has 0 unspecified atom stereocenters. The largest absolute Gasteiger partial charge is 0.285 e. The predicted molar refractivity (Wildman–Crippen MR) is 51.8 cm³/mol. The van der Waals surface area contributed by atoms with Crippen LogP contribution in [0.1, 0.15) is 5.56 Å². The number of hydrogen-bond donors (Lipinski definition) is 0. The van der Waals surface area contributed by atoms with Crippen LogP contribution in [0.5, 0.6) is 0 Å². The standard InChI is InChI=1S/C9H5N2O2S/c1-2-7-3-4-8-9(5-7)14(12,13)11-6-10-8/h1,3-6H. The molecule has 1 aromatic rings. The monoisotopic (exact) mass is 205 g/mol. The predicted octanol–water partition coefficient (Wildman–Crippen LogP) is 0.634. The molecule has 0 N–H and O–H groups in total. The highest BCUT2D eigenvalue weighted by atomic mass is 32.2. The maximum absolute atomic E-state index is 11.4. The minimum atomic E-state index is -3.59. The van der Waals surface area contributed by atoms with Gasteiger partial charge in [-0.3, -0.25) is 0 Å². The molecular weight excluding hydrogens is 200 g/mol. The van der Waals surface area contributed by atoms with Gasteiger partial charge in [0.05, 0.1) is 5.69 Å². The van der Waals surface area contributed by atoms with Crippen molar-refractivity contribution in [2.75, 3.05) is 0 Å². The molecule has 0 spiro atoms. The number of benzene rings is 1. The summed E-state index contributed by atoms with van der Waals surface area (Å²) in [6.07, 6.45) is 6.18. The lowest BCUT2D eigenvalue weighted by Crippen LogP contribution is -2.18. The summed E-state index contributed by atoms with van der Waals surface area (Å²) in [7, 11) is -3.59. The molecule has 0 amide bonds. The molecule has 0 saturated carbocycles. The van der Waals surface area contributed by atoms with Crippen LogP contribution in [-0.2, 0) is 10.0 Å². The van der Waals surface area contributed by atoms with Gasteiger partial charge in [-0.25, -0.2) is 4.99 Å². The number of sulfonamides is 1. The number of terminal acetylenes is 1. The molecule has 14 heavy (non-hydrogen) atoms. The molecular formula is C9H5N2O2S.